The summed E-state index contributed by atoms with van der Waals surface area (Å²) in [5, 5.41) is 0. The predicted molar refractivity (Wildman–Crippen MR) is 116 cm³/mol. The lowest BCUT2D eigenvalue weighted by molar-refractivity contribution is -0.891. The molecular formula is C24H52N+. The van der Waals surface area contributed by atoms with Crippen LogP contribution >= 0.6 is 0 Å². The molecule has 0 amide bonds. The smallest absolute Gasteiger partial charge is 0.0784 e. The SMILES string of the molecule is CCCCCCCCCCCCCCCCC[N+](C)(C)CCC(C)C. The van der Waals surface area contributed by atoms with Gasteiger partial charge < -0.3 is 4.48 Å². The zero-order valence-electron chi connectivity index (χ0n) is 18.8. The molecule has 0 aliphatic rings. The Morgan fingerprint density at radius 2 is 0.880 bits per heavy atom. The lowest BCUT2D eigenvalue weighted by Crippen LogP contribution is -2.41. The van der Waals surface area contributed by atoms with E-state index in [1.54, 1.807) is 0 Å². The highest BCUT2D eigenvalue weighted by Crippen LogP contribution is 2.14. The van der Waals surface area contributed by atoms with E-state index in [-0.39, 0.29) is 0 Å². The molecule has 0 aromatic carbocycles. The summed E-state index contributed by atoms with van der Waals surface area (Å²) in [6, 6.07) is 0. The topological polar surface area (TPSA) is 0 Å². The number of hydrogen-bond donors (Lipinski definition) is 0. The quantitative estimate of drug-likeness (QED) is 0.163. The summed E-state index contributed by atoms with van der Waals surface area (Å²) < 4.78 is 1.22. The molecule has 0 radical (unpaired) electrons. The van der Waals surface area contributed by atoms with Gasteiger partial charge in [0.2, 0.25) is 0 Å². The Labute approximate surface area is 161 Å². The minimum Gasteiger partial charge on any atom is -0.328 e. The molecule has 0 atom stereocenters. The summed E-state index contributed by atoms with van der Waals surface area (Å²) in [7, 11) is 4.82. The van der Waals surface area contributed by atoms with Crippen molar-refractivity contribution in [1.82, 2.24) is 0 Å². The standard InChI is InChI=1S/C24H52N/c1-6-7-8-9-10-11-12-13-14-15-16-17-18-19-20-22-25(4,5)23-21-24(2)3/h24H,6-23H2,1-5H3/q+1. The Bertz CT molecular complexity index is 257. The van der Waals surface area contributed by atoms with Crippen molar-refractivity contribution in [3.05, 3.63) is 0 Å². The maximum absolute atomic E-state index is 2.41. The first kappa shape index (κ1) is 25.0. The maximum atomic E-state index is 2.41. The highest BCUT2D eigenvalue weighted by molar-refractivity contribution is 4.50. The van der Waals surface area contributed by atoms with E-state index < -0.39 is 0 Å². The van der Waals surface area contributed by atoms with Gasteiger partial charge in [-0.3, -0.25) is 0 Å². The van der Waals surface area contributed by atoms with Crippen LogP contribution in [0.15, 0.2) is 0 Å². The van der Waals surface area contributed by atoms with Crippen LogP contribution in [0.2, 0.25) is 0 Å². The maximum Gasteiger partial charge on any atom is 0.0784 e. The third kappa shape index (κ3) is 20.1. The Morgan fingerprint density at radius 1 is 0.520 bits per heavy atom. The van der Waals surface area contributed by atoms with E-state index in [0.29, 0.717) is 0 Å². The van der Waals surface area contributed by atoms with Crippen LogP contribution < -0.4 is 0 Å². The van der Waals surface area contributed by atoms with Crippen molar-refractivity contribution in [1.29, 1.82) is 0 Å². The van der Waals surface area contributed by atoms with Crippen LogP contribution in [-0.4, -0.2) is 31.7 Å². The van der Waals surface area contributed by atoms with Gasteiger partial charge in [0.25, 0.3) is 0 Å². The van der Waals surface area contributed by atoms with Gasteiger partial charge in [0.1, 0.15) is 0 Å². The molecule has 0 saturated heterocycles. The Morgan fingerprint density at radius 3 is 1.24 bits per heavy atom. The first-order valence-electron chi connectivity index (χ1n) is 11.8. The monoisotopic (exact) mass is 354 g/mol. The summed E-state index contributed by atoms with van der Waals surface area (Å²) in [6.07, 6.45) is 23.3. The number of quaternary nitrogens is 1. The van der Waals surface area contributed by atoms with Gasteiger partial charge in [-0.25, -0.2) is 0 Å². The molecule has 0 N–H and O–H groups in total. The van der Waals surface area contributed by atoms with Crippen molar-refractivity contribution in [2.75, 3.05) is 27.2 Å². The molecule has 0 heterocycles. The molecule has 0 fully saturated rings. The molecule has 0 spiro atoms. The number of unbranched alkanes of at least 4 members (excludes halogenated alkanes) is 14. The molecule has 0 aromatic heterocycles. The van der Waals surface area contributed by atoms with Gasteiger partial charge in [-0.1, -0.05) is 104 Å². The molecule has 0 bridgehead atoms. The van der Waals surface area contributed by atoms with Crippen molar-refractivity contribution in [3.63, 3.8) is 0 Å². The third-order valence-corrected chi connectivity index (χ3v) is 5.68. The lowest BCUT2D eigenvalue weighted by atomic mass is 10.0. The summed E-state index contributed by atoms with van der Waals surface area (Å²) in [6.45, 7) is 9.69. The second-order valence-electron chi connectivity index (χ2n) is 9.52. The van der Waals surface area contributed by atoms with Crippen LogP contribution in [0.3, 0.4) is 0 Å². The number of nitrogens with zero attached hydrogens (tertiary/aromatic N) is 1. The van der Waals surface area contributed by atoms with Gasteiger partial charge in [0.15, 0.2) is 0 Å². The van der Waals surface area contributed by atoms with Gasteiger partial charge in [-0.2, -0.15) is 0 Å². The predicted octanol–water partition coefficient (Wildman–Crippen LogP) is 7.98. The van der Waals surface area contributed by atoms with Crippen molar-refractivity contribution < 1.29 is 4.48 Å². The molecule has 1 nitrogen and oxygen atoms in total. The fraction of sp³-hybridized carbons (Fsp3) is 1.00. The largest absolute Gasteiger partial charge is 0.328 e. The second kappa shape index (κ2) is 17.4. The Kier molecular flexibility index (Phi) is 17.3. The zero-order valence-corrected chi connectivity index (χ0v) is 18.8. The van der Waals surface area contributed by atoms with E-state index in [0.717, 1.165) is 5.92 Å². The lowest BCUT2D eigenvalue weighted by Gasteiger charge is -2.30. The molecule has 25 heavy (non-hydrogen) atoms. The van der Waals surface area contributed by atoms with Gasteiger partial charge in [-0.15, -0.1) is 0 Å². The molecule has 152 valence electrons. The molecule has 0 aliphatic carbocycles. The normalized spacial score (nSPS) is 12.2. The van der Waals surface area contributed by atoms with Crippen LogP contribution in [0, 0.1) is 5.92 Å². The van der Waals surface area contributed by atoms with E-state index in [2.05, 4.69) is 34.9 Å². The van der Waals surface area contributed by atoms with Crippen LogP contribution in [0.5, 0.6) is 0 Å². The van der Waals surface area contributed by atoms with Crippen LogP contribution in [0.1, 0.15) is 124 Å². The Hall–Kier alpha value is -0.0400. The molecular weight excluding hydrogens is 302 g/mol. The molecule has 1 heteroatoms. The minimum atomic E-state index is 0.846. The minimum absolute atomic E-state index is 0.846. The third-order valence-electron chi connectivity index (χ3n) is 5.68. The van der Waals surface area contributed by atoms with Crippen molar-refractivity contribution in [2.45, 2.75) is 124 Å². The van der Waals surface area contributed by atoms with Gasteiger partial charge in [-0.05, 0) is 25.2 Å². The number of hydrogen-bond acceptors (Lipinski definition) is 0. The second-order valence-corrected chi connectivity index (χ2v) is 9.52. The highest BCUT2D eigenvalue weighted by atomic mass is 15.3. The fourth-order valence-corrected chi connectivity index (χ4v) is 3.63. The molecule has 0 unspecified atom stereocenters. The average molecular weight is 355 g/mol. The molecule has 0 aliphatic heterocycles. The van der Waals surface area contributed by atoms with Crippen molar-refractivity contribution in [2.24, 2.45) is 5.92 Å². The molecule has 0 rings (SSSR count). The summed E-state index contributed by atoms with van der Waals surface area (Å²) in [4.78, 5) is 0. The van der Waals surface area contributed by atoms with Crippen LogP contribution in [0.4, 0.5) is 0 Å². The fourth-order valence-electron chi connectivity index (χ4n) is 3.63. The van der Waals surface area contributed by atoms with Crippen LogP contribution in [-0.2, 0) is 0 Å². The first-order valence-corrected chi connectivity index (χ1v) is 11.8. The van der Waals surface area contributed by atoms with Crippen LogP contribution in [0.25, 0.3) is 0 Å². The molecule has 0 aromatic rings. The summed E-state index contributed by atoms with van der Waals surface area (Å²) in [5.41, 5.74) is 0. The summed E-state index contributed by atoms with van der Waals surface area (Å²) in [5.74, 6) is 0.846. The van der Waals surface area contributed by atoms with Crippen molar-refractivity contribution in [3.8, 4) is 0 Å². The van der Waals surface area contributed by atoms with E-state index in [9.17, 15) is 0 Å². The van der Waals surface area contributed by atoms with Crippen molar-refractivity contribution >= 4 is 0 Å². The first-order chi connectivity index (χ1) is 12.0. The van der Waals surface area contributed by atoms with E-state index in [1.807, 2.05) is 0 Å². The van der Waals surface area contributed by atoms with E-state index >= 15 is 0 Å². The van der Waals surface area contributed by atoms with Gasteiger partial charge in [0, 0.05) is 0 Å². The van der Waals surface area contributed by atoms with Gasteiger partial charge in [0.05, 0.1) is 27.2 Å². The Balaban J connectivity index is 3.21. The van der Waals surface area contributed by atoms with E-state index in [4.69, 9.17) is 0 Å². The van der Waals surface area contributed by atoms with Gasteiger partial charge >= 0.3 is 0 Å². The van der Waals surface area contributed by atoms with E-state index in [1.165, 1.54) is 120 Å². The molecule has 0 saturated carbocycles. The number of rotatable bonds is 19. The zero-order chi connectivity index (χ0) is 18.8. The average Bonchev–Trinajstić information content (AvgIpc) is 2.56. The highest BCUT2D eigenvalue weighted by Gasteiger charge is 2.14. The summed E-state index contributed by atoms with van der Waals surface area (Å²) >= 11 is 0.